The van der Waals surface area contributed by atoms with Crippen molar-refractivity contribution in [3.05, 3.63) is 59.7 Å². The molecule has 1 fully saturated rings. The van der Waals surface area contributed by atoms with Crippen LogP contribution in [0.1, 0.15) is 36.5 Å². The lowest BCUT2D eigenvalue weighted by molar-refractivity contribution is -0.314. The first-order valence-corrected chi connectivity index (χ1v) is 11.0. The van der Waals surface area contributed by atoms with Gasteiger partial charge in [0, 0.05) is 6.54 Å². The van der Waals surface area contributed by atoms with Gasteiger partial charge in [-0.05, 0) is 55.1 Å². The van der Waals surface area contributed by atoms with E-state index in [0.29, 0.717) is 24.7 Å². The lowest BCUT2D eigenvalue weighted by Gasteiger charge is -2.42. The van der Waals surface area contributed by atoms with E-state index in [-0.39, 0.29) is 32.0 Å². The van der Waals surface area contributed by atoms with E-state index in [1.807, 2.05) is 53.4 Å². The quantitative estimate of drug-likeness (QED) is 0.551. The Balaban J connectivity index is 1.34. The topological polar surface area (TPSA) is 41.9 Å². The zero-order chi connectivity index (χ0) is 24.6. The molecule has 34 heavy (non-hydrogen) atoms. The van der Waals surface area contributed by atoms with Gasteiger partial charge in [0.1, 0.15) is 6.61 Å². The summed E-state index contributed by atoms with van der Waals surface area (Å²) in [6, 6.07) is 15.0. The molecule has 0 aliphatic carbocycles. The molecule has 2 aliphatic heterocycles. The molecule has 10 heteroatoms. The van der Waals surface area contributed by atoms with Crippen LogP contribution in [-0.2, 0) is 6.54 Å². The van der Waals surface area contributed by atoms with Crippen LogP contribution >= 0.6 is 0 Å². The van der Waals surface area contributed by atoms with E-state index >= 15 is 0 Å². The van der Waals surface area contributed by atoms with E-state index in [2.05, 4.69) is 0 Å². The van der Waals surface area contributed by atoms with Crippen LogP contribution in [-0.4, -0.2) is 47.7 Å². The van der Waals surface area contributed by atoms with E-state index in [0.717, 1.165) is 11.1 Å². The molecule has 4 nitrogen and oxygen atoms in total. The third-order valence-electron chi connectivity index (χ3n) is 6.49. The van der Waals surface area contributed by atoms with E-state index in [1.54, 1.807) is 0 Å². The van der Waals surface area contributed by atoms with E-state index < -0.39 is 30.3 Å². The predicted molar refractivity (Wildman–Crippen MR) is 111 cm³/mol. The van der Waals surface area contributed by atoms with Crippen molar-refractivity contribution in [1.82, 2.24) is 4.90 Å². The molecular formula is C24H25F6NO3. The maximum Gasteiger partial charge on any atom is 0.417 e. The molecule has 4 rings (SSSR count). The number of alkyl halides is 6. The highest BCUT2D eigenvalue weighted by Crippen LogP contribution is 2.47. The zero-order valence-electron chi connectivity index (χ0n) is 18.2. The number of fused-ring (bicyclic) bond motifs is 1. The fourth-order valence-corrected chi connectivity index (χ4v) is 4.63. The maximum atomic E-state index is 13.4. The monoisotopic (exact) mass is 489 g/mol. The maximum absolute atomic E-state index is 13.4. The standard InChI is InChI=1S/C24H25F6NO3/c25-23(26,27)15-22(32,24(28,29)30)18-9-11-31(12-10-18)13-16-5-7-17(8-6-16)21-14-33-19-3-1-2-4-20(19)34-21/h1-8,18,21,32H,9-15H2/t21-,22?/m1/s1. The number of halogens is 6. The summed E-state index contributed by atoms with van der Waals surface area (Å²) in [6.07, 6.45) is -13.4. The van der Waals surface area contributed by atoms with Crippen molar-refractivity contribution in [3.8, 4) is 11.5 Å². The van der Waals surface area contributed by atoms with Gasteiger partial charge in [-0.1, -0.05) is 36.4 Å². The van der Waals surface area contributed by atoms with Crippen LogP contribution in [0.3, 0.4) is 0 Å². The second-order valence-corrected chi connectivity index (χ2v) is 8.87. The summed E-state index contributed by atoms with van der Waals surface area (Å²) >= 11 is 0. The summed E-state index contributed by atoms with van der Waals surface area (Å²) in [5, 5.41) is 10.0. The summed E-state index contributed by atoms with van der Waals surface area (Å²) in [5.41, 5.74) is -1.93. The van der Waals surface area contributed by atoms with Crippen LogP contribution in [0.25, 0.3) is 0 Å². The van der Waals surface area contributed by atoms with Gasteiger partial charge in [-0.15, -0.1) is 0 Å². The highest BCUT2D eigenvalue weighted by atomic mass is 19.4. The molecule has 2 atom stereocenters. The Morgan fingerprint density at radius 1 is 0.882 bits per heavy atom. The second kappa shape index (κ2) is 9.30. The van der Waals surface area contributed by atoms with E-state index in [1.165, 1.54) is 0 Å². The van der Waals surface area contributed by atoms with E-state index in [4.69, 9.17) is 9.47 Å². The molecule has 0 radical (unpaired) electrons. The van der Waals surface area contributed by atoms with Gasteiger partial charge in [0.05, 0.1) is 6.42 Å². The summed E-state index contributed by atoms with van der Waals surface area (Å²) < 4.78 is 90.0. The van der Waals surface area contributed by atoms with Gasteiger partial charge in [-0.3, -0.25) is 4.90 Å². The number of aliphatic hydroxyl groups is 1. The molecule has 2 aromatic carbocycles. The average molecular weight is 489 g/mol. The molecule has 2 aromatic rings. The van der Waals surface area contributed by atoms with Crippen LogP contribution < -0.4 is 9.47 Å². The Morgan fingerprint density at radius 2 is 1.50 bits per heavy atom. The van der Waals surface area contributed by atoms with Gasteiger partial charge in [-0.25, -0.2) is 0 Å². The Labute approximate surface area is 193 Å². The lowest BCUT2D eigenvalue weighted by atomic mass is 9.77. The smallest absolute Gasteiger partial charge is 0.417 e. The highest BCUT2D eigenvalue weighted by molar-refractivity contribution is 5.41. The zero-order valence-corrected chi connectivity index (χ0v) is 18.2. The first-order chi connectivity index (χ1) is 15.9. The number of para-hydroxylation sites is 2. The van der Waals surface area contributed by atoms with Crippen LogP contribution in [0, 0.1) is 5.92 Å². The minimum Gasteiger partial charge on any atom is -0.485 e. The molecule has 1 saturated heterocycles. The number of piperidine rings is 1. The van der Waals surface area contributed by atoms with Crippen molar-refractivity contribution in [1.29, 1.82) is 0 Å². The number of hydrogen-bond donors (Lipinski definition) is 1. The van der Waals surface area contributed by atoms with Crippen molar-refractivity contribution in [3.63, 3.8) is 0 Å². The molecule has 0 bridgehead atoms. The van der Waals surface area contributed by atoms with Crippen molar-refractivity contribution >= 4 is 0 Å². The molecule has 2 aliphatic rings. The van der Waals surface area contributed by atoms with Crippen molar-refractivity contribution < 1.29 is 40.9 Å². The molecule has 2 heterocycles. The van der Waals surface area contributed by atoms with Gasteiger partial charge in [0.2, 0.25) is 0 Å². The molecule has 1 N–H and O–H groups in total. The fraction of sp³-hybridized carbons (Fsp3) is 0.500. The van der Waals surface area contributed by atoms with Crippen LogP contribution in [0.4, 0.5) is 26.3 Å². The third-order valence-corrected chi connectivity index (χ3v) is 6.49. The van der Waals surface area contributed by atoms with Crippen LogP contribution in [0.5, 0.6) is 11.5 Å². The van der Waals surface area contributed by atoms with Crippen LogP contribution in [0.15, 0.2) is 48.5 Å². The number of hydrogen-bond acceptors (Lipinski definition) is 4. The highest BCUT2D eigenvalue weighted by Gasteiger charge is 2.62. The summed E-state index contributed by atoms with van der Waals surface area (Å²) in [5.74, 6) is -0.152. The van der Waals surface area contributed by atoms with Gasteiger partial charge >= 0.3 is 12.4 Å². The number of rotatable bonds is 5. The minimum atomic E-state index is -5.35. The Kier molecular flexibility index (Phi) is 6.74. The Bertz CT molecular complexity index is 970. The molecule has 0 spiro atoms. The largest absolute Gasteiger partial charge is 0.485 e. The normalized spacial score (nSPS) is 21.8. The van der Waals surface area contributed by atoms with Gasteiger partial charge in [0.25, 0.3) is 0 Å². The number of benzene rings is 2. The molecule has 186 valence electrons. The first kappa shape index (κ1) is 24.7. The summed E-state index contributed by atoms with van der Waals surface area (Å²) in [4.78, 5) is 1.88. The number of nitrogens with zero attached hydrogens (tertiary/aromatic N) is 1. The molecule has 0 saturated carbocycles. The van der Waals surface area contributed by atoms with E-state index in [9.17, 15) is 31.4 Å². The molecule has 1 unspecified atom stereocenters. The van der Waals surface area contributed by atoms with Gasteiger partial charge < -0.3 is 14.6 Å². The van der Waals surface area contributed by atoms with Crippen molar-refractivity contribution in [2.45, 2.75) is 49.9 Å². The average Bonchev–Trinajstić information content (AvgIpc) is 2.78. The predicted octanol–water partition coefficient (Wildman–Crippen LogP) is 5.66. The first-order valence-electron chi connectivity index (χ1n) is 11.0. The third kappa shape index (κ3) is 5.43. The molecule has 0 aromatic heterocycles. The Hall–Kier alpha value is -2.46. The summed E-state index contributed by atoms with van der Waals surface area (Å²) in [7, 11) is 0. The SMILES string of the molecule is OC(CC(F)(F)F)(C1CCN(Cc2ccc([C@H]3COc4ccccc4O3)cc2)CC1)C(F)(F)F. The molecular weight excluding hydrogens is 464 g/mol. The van der Waals surface area contributed by atoms with Crippen molar-refractivity contribution in [2.75, 3.05) is 19.7 Å². The lowest BCUT2D eigenvalue weighted by Crippen LogP contribution is -2.56. The second-order valence-electron chi connectivity index (χ2n) is 8.87. The minimum absolute atomic E-state index is 0.166. The van der Waals surface area contributed by atoms with Crippen LogP contribution in [0.2, 0.25) is 0 Å². The van der Waals surface area contributed by atoms with Crippen molar-refractivity contribution in [2.24, 2.45) is 5.92 Å². The number of ether oxygens (including phenoxy) is 2. The summed E-state index contributed by atoms with van der Waals surface area (Å²) in [6.45, 7) is 1.14. The number of likely N-dealkylation sites (tertiary alicyclic amines) is 1. The fourth-order valence-electron chi connectivity index (χ4n) is 4.63. The van der Waals surface area contributed by atoms with Gasteiger partial charge in [0.15, 0.2) is 23.2 Å². The Morgan fingerprint density at radius 3 is 2.09 bits per heavy atom. The van der Waals surface area contributed by atoms with Gasteiger partial charge in [-0.2, -0.15) is 26.3 Å². The molecule has 0 amide bonds.